The van der Waals surface area contributed by atoms with Crippen molar-refractivity contribution in [1.29, 1.82) is 0 Å². The summed E-state index contributed by atoms with van der Waals surface area (Å²) in [4.78, 5) is 1.27. The topological polar surface area (TPSA) is 38.7 Å². The van der Waals surface area contributed by atoms with E-state index >= 15 is 0 Å². The Balaban J connectivity index is 2.06. The molecule has 0 aliphatic carbocycles. The van der Waals surface area contributed by atoms with Crippen LogP contribution in [0, 0.1) is 0 Å². The molecule has 4 heteroatoms. The van der Waals surface area contributed by atoms with E-state index in [0.717, 1.165) is 0 Å². The third-order valence-corrected chi connectivity index (χ3v) is 3.62. The standard InChI is InChI=1S/C10H14O3S/c1-10(8-3-2-4-14-8)6-12-9(5-11)13-7-10/h2-4,9,11H,5-7H2,1H3. The van der Waals surface area contributed by atoms with Gasteiger partial charge in [-0.15, -0.1) is 11.3 Å². The minimum atomic E-state index is -0.442. The SMILES string of the molecule is CC1(c2cccs2)COC(CO)OC1. The maximum absolute atomic E-state index is 8.84. The molecule has 0 spiro atoms. The van der Waals surface area contributed by atoms with Crippen molar-refractivity contribution in [1.82, 2.24) is 0 Å². The number of hydrogen-bond donors (Lipinski definition) is 1. The molecule has 0 amide bonds. The van der Waals surface area contributed by atoms with Crippen LogP contribution in [0.25, 0.3) is 0 Å². The van der Waals surface area contributed by atoms with Crippen molar-refractivity contribution in [3.8, 4) is 0 Å². The first-order valence-electron chi connectivity index (χ1n) is 4.63. The fourth-order valence-electron chi connectivity index (χ4n) is 1.51. The minimum absolute atomic E-state index is 0.0557. The van der Waals surface area contributed by atoms with E-state index < -0.39 is 6.29 Å². The summed E-state index contributed by atoms with van der Waals surface area (Å²) < 4.78 is 10.8. The van der Waals surface area contributed by atoms with Crippen molar-refractivity contribution in [2.75, 3.05) is 19.8 Å². The second-order valence-electron chi connectivity index (χ2n) is 3.77. The van der Waals surface area contributed by atoms with E-state index in [0.29, 0.717) is 13.2 Å². The van der Waals surface area contributed by atoms with Crippen molar-refractivity contribution in [3.63, 3.8) is 0 Å². The Labute approximate surface area is 87.3 Å². The minimum Gasteiger partial charge on any atom is -0.391 e. The average Bonchev–Trinajstić information content (AvgIpc) is 2.72. The predicted octanol–water partition coefficient (Wildman–Crippen LogP) is 1.37. The lowest BCUT2D eigenvalue weighted by Gasteiger charge is -2.36. The Morgan fingerprint density at radius 2 is 2.29 bits per heavy atom. The summed E-state index contributed by atoms with van der Waals surface area (Å²) in [6, 6.07) is 4.13. The lowest BCUT2D eigenvalue weighted by molar-refractivity contribution is -0.219. The molecule has 1 aromatic heterocycles. The van der Waals surface area contributed by atoms with Gasteiger partial charge in [-0.2, -0.15) is 0 Å². The van der Waals surface area contributed by atoms with Crippen LogP contribution in [0.4, 0.5) is 0 Å². The van der Waals surface area contributed by atoms with E-state index in [1.807, 2.05) is 6.07 Å². The number of aliphatic hydroxyl groups excluding tert-OH is 1. The molecule has 0 unspecified atom stereocenters. The highest BCUT2D eigenvalue weighted by atomic mass is 32.1. The summed E-state index contributed by atoms with van der Waals surface area (Å²) in [5.74, 6) is 0. The molecule has 1 fully saturated rings. The molecule has 3 nitrogen and oxygen atoms in total. The Hall–Kier alpha value is -0.420. The molecule has 78 valence electrons. The average molecular weight is 214 g/mol. The zero-order valence-electron chi connectivity index (χ0n) is 8.10. The summed E-state index contributed by atoms with van der Waals surface area (Å²) in [5.41, 5.74) is -0.0557. The molecule has 14 heavy (non-hydrogen) atoms. The number of ether oxygens (including phenoxy) is 2. The van der Waals surface area contributed by atoms with Crippen LogP contribution < -0.4 is 0 Å². The highest BCUT2D eigenvalue weighted by molar-refractivity contribution is 7.10. The third-order valence-electron chi connectivity index (χ3n) is 2.44. The third kappa shape index (κ3) is 1.83. The smallest absolute Gasteiger partial charge is 0.180 e. The molecule has 1 aliphatic heterocycles. The monoisotopic (exact) mass is 214 g/mol. The maximum Gasteiger partial charge on any atom is 0.180 e. The lowest BCUT2D eigenvalue weighted by atomic mass is 9.90. The maximum atomic E-state index is 8.84. The van der Waals surface area contributed by atoms with Crippen LogP contribution in [0.1, 0.15) is 11.8 Å². The number of rotatable bonds is 2. The van der Waals surface area contributed by atoms with Gasteiger partial charge in [0.1, 0.15) is 0 Å². The van der Waals surface area contributed by atoms with Gasteiger partial charge in [0.05, 0.1) is 19.8 Å². The number of hydrogen-bond acceptors (Lipinski definition) is 4. The van der Waals surface area contributed by atoms with Crippen LogP contribution in [0.3, 0.4) is 0 Å². The van der Waals surface area contributed by atoms with Gasteiger partial charge in [-0.25, -0.2) is 0 Å². The molecule has 0 radical (unpaired) electrons. The first kappa shape index (κ1) is 10.1. The van der Waals surface area contributed by atoms with Crippen molar-refractivity contribution >= 4 is 11.3 Å². The second kappa shape index (κ2) is 3.98. The summed E-state index contributed by atoms with van der Waals surface area (Å²) in [6.07, 6.45) is -0.442. The predicted molar refractivity (Wildman–Crippen MR) is 54.4 cm³/mol. The Morgan fingerprint density at radius 3 is 2.79 bits per heavy atom. The van der Waals surface area contributed by atoms with Gasteiger partial charge in [-0.3, -0.25) is 0 Å². The molecule has 1 aliphatic rings. The molecule has 1 aromatic rings. The molecule has 1 N–H and O–H groups in total. The Kier molecular flexibility index (Phi) is 2.88. The van der Waals surface area contributed by atoms with Gasteiger partial charge in [-0.1, -0.05) is 13.0 Å². The van der Waals surface area contributed by atoms with Gasteiger partial charge in [0, 0.05) is 10.3 Å². The van der Waals surface area contributed by atoms with Crippen LogP contribution in [0.5, 0.6) is 0 Å². The summed E-state index contributed by atoms with van der Waals surface area (Å²) in [6.45, 7) is 3.27. The Morgan fingerprint density at radius 1 is 1.57 bits per heavy atom. The molecular formula is C10H14O3S. The molecule has 0 aromatic carbocycles. The van der Waals surface area contributed by atoms with Crippen molar-refractivity contribution in [3.05, 3.63) is 22.4 Å². The van der Waals surface area contributed by atoms with Gasteiger partial charge in [0.15, 0.2) is 6.29 Å². The van der Waals surface area contributed by atoms with Crippen LogP contribution in [-0.2, 0) is 14.9 Å². The highest BCUT2D eigenvalue weighted by Gasteiger charge is 2.34. The van der Waals surface area contributed by atoms with E-state index in [9.17, 15) is 0 Å². The van der Waals surface area contributed by atoms with Crippen LogP contribution in [0.15, 0.2) is 17.5 Å². The molecule has 0 bridgehead atoms. The zero-order valence-corrected chi connectivity index (χ0v) is 8.92. The van der Waals surface area contributed by atoms with Crippen LogP contribution in [0.2, 0.25) is 0 Å². The van der Waals surface area contributed by atoms with Gasteiger partial charge in [0.25, 0.3) is 0 Å². The summed E-state index contributed by atoms with van der Waals surface area (Å²) in [7, 11) is 0. The fraction of sp³-hybridized carbons (Fsp3) is 0.600. The van der Waals surface area contributed by atoms with Crippen LogP contribution >= 0.6 is 11.3 Å². The first-order valence-corrected chi connectivity index (χ1v) is 5.51. The fourth-order valence-corrected chi connectivity index (χ4v) is 2.38. The largest absolute Gasteiger partial charge is 0.391 e. The zero-order chi connectivity index (χ0) is 10.0. The van der Waals surface area contributed by atoms with E-state index in [2.05, 4.69) is 18.4 Å². The van der Waals surface area contributed by atoms with E-state index in [1.54, 1.807) is 11.3 Å². The molecule has 0 atom stereocenters. The number of thiophene rings is 1. The van der Waals surface area contributed by atoms with Crippen molar-refractivity contribution < 1.29 is 14.6 Å². The van der Waals surface area contributed by atoms with Crippen molar-refractivity contribution in [2.24, 2.45) is 0 Å². The van der Waals surface area contributed by atoms with E-state index in [1.165, 1.54) is 4.88 Å². The number of aliphatic hydroxyl groups is 1. The van der Waals surface area contributed by atoms with Gasteiger partial charge >= 0.3 is 0 Å². The molecular weight excluding hydrogens is 200 g/mol. The van der Waals surface area contributed by atoms with E-state index in [4.69, 9.17) is 14.6 Å². The second-order valence-corrected chi connectivity index (χ2v) is 4.72. The summed E-state index contributed by atoms with van der Waals surface area (Å²) in [5, 5.41) is 10.9. The molecule has 0 saturated carbocycles. The van der Waals surface area contributed by atoms with Crippen LogP contribution in [-0.4, -0.2) is 31.2 Å². The van der Waals surface area contributed by atoms with E-state index in [-0.39, 0.29) is 12.0 Å². The Bertz CT molecular complexity index is 276. The molecule has 2 rings (SSSR count). The normalized spacial score (nSPS) is 33.1. The quantitative estimate of drug-likeness (QED) is 0.808. The van der Waals surface area contributed by atoms with Gasteiger partial charge in [-0.05, 0) is 11.4 Å². The van der Waals surface area contributed by atoms with Gasteiger partial charge < -0.3 is 14.6 Å². The lowest BCUT2D eigenvalue weighted by Crippen LogP contribution is -2.43. The molecule has 1 saturated heterocycles. The highest BCUT2D eigenvalue weighted by Crippen LogP contribution is 2.32. The summed E-state index contributed by atoms with van der Waals surface area (Å²) >= 11 is 1.71. The first-order chi connectivity index (χ1) is 6.74. The van der Waals surface area contributed by atoms with Crippen molar-refractivity contribution in [2.45, 2.75) is 18.6 Å². The van der Waals surface area contributed by atoms with Gasteiger partial charge in [0.2, 0.25) is 0 Å². The molecule has 2 heterocycles.